The molecule has 2 N–H and O–H groups in total. The van der Waals surface area contributed by atoms with E-state index in [2.05, 4.69) is 5.32 Å². The lowest BCUT2D eigenvalue weighted by Gasteiger charge is -2.20. The molecule has 2 saturated carbocycles. The van der Waals surface area contributed by atoms with E-state index in [1.54, 1.807) is 0 Å². The highest BCUT2D eigenvalue weighted by Crippen LogP contribution is 2.44. The lowest BCUT2D eigenvalue weighted by atomic mass is 10.1. The van der Waals surface area contributed by atoms with E-state index in [1.165, 1.54) is 25.7 Å². The van der Waals surface area contributed by atoms with Crippen LogP contribution in [0.25, 0.3) is 0 Å². The van der Waals surface area contributed by atoms with Gasteiger partial charge in [-0.3, -0.25) is 0 Å². The highest BCUT2D eigenvalue weighted by Gasteiger charge is 2.41. The van der Waals surface area contributed by atoms with Crippen molar-refractivity contribution < 1.29 is 9.84 Å². The van der Waals surface area contributed by atoms with Gasteiger partial charge in [0.15, 0.2) is 0 Å². The Labute approximate surface area is 131 Å². The monoisotopic (exact) mass is 309 g/mol. The van der Waals surface area contributed by atoms with Crippen LogP contribution in [0.1, 0.15) is 31.2 Å². The molecule has 1 aromatic rings. The number of rotatable bonds is 8. The van der Waals surface area contributed by atoms with E-state index in [0.29, 0.717) is 19.2 Å². The van der Waals surface area contributed by atoms with E-state index in [9.17, 15) is 5.11 Å². The Morgan fingerprint density at radius 3 is 2.52 bits per heavy atom. The molecule has 0 aromatic heterocycles. The van der Waals surface area contributed by atoms with Crippen molar-refractivity contribution in [1.29, 1.82) is 0 Å². The third-order valence-electron chi connectivity index (χ3n) is 4.42. The summed E-state index contributed by atoms with van der Waals surface area (Å²) in [5.74, 6) is 2.46. The molecule has 0 radical (unpaired) electrons. The van der Waals surface area contributed by atoms with E-state index in [4.69, 9.17) is 16.3 Å². The highest BCUT2D eigenvalue weighted by molar-refractivity contribution is 6.31. The Hall–Kier alpha value is -0.770. The fraction of sp³-hybridized carbons (Fsp3) is 0.647. The Bertz CT molecular complexity index is 474. The maximum Gasteiger partial charge on any atom is 0.119 e. The Balaban J connectivity index is 1.41. The molecule has 2 aliphatic carbocycles. The molecule has 0 bridgehead atoms. The minimum atomic E-state index is -0.471. The van der Waals surface area contributed by atoms with Gasteiger partial charge < -0.3 is 15.2 Å². The normalized spacial score (nSPS) is 19.8. The zero-order chi connectivity index (χ0) is 14.8. The van der Waals surface area contributed by atoms with Gasteiger partial charge in [-0.2, -0.15) is 0 Å². The maximum absolute atomic E-state index is 10.1. The number of nitrogens with one attached hydrogen (secondary N) is 1. The third kappa shape index (κ3) is 4.35. The van der Waals surface area contributed by atoms with Crippen molar-refractivity contribution in [3.63, 3.8) is 0 Å². The topological polar surface area (TPSA) is 41.5 Å². The first-order valence-corrected chi connectivity index (χ1v) is 8.31. The van der Waals surface area contributed by atoms with Crippen LogP contribution in [0, 0.1) is 18.8 Å². The molecule has 0 heterocycles. The standard InChI is InChI=1S/C17H24ClNO2/c1-11-8-15(6-7-16(11)18)21-10-14(20)9-19-17(12-2-3-12)13-4-5-13/h6-8,12-14,17,19-20H,2-5,9-10H2,1H3. The van der Waals surface area contributed by atoms with Gasteiger partial charge in [-0.1, -0.05) is 11.6 Å². The summed E-state index contributed by atoms with van der Waals surface area (Å²) in [6.07, 6.45) is 4.94. The predicted molar refractivity (Wildman–Crippen MR) is 84.9 cm³/mol. The summed E-state index contributed by atoms with van der Waals surface area (Å²) in [5, 5.41) is 14.4. The first-order valence-electron chi connectivity index (χ1n) is 7.94. The van der Waals surface area contributed by atoms with Crippen LogP contribution in [-0.4, -0.2) is 30.4 Å². The summed E-state index contributed by atoms with van der Waals surface area (Å²) in [4.78, 5) is 0. The Morgan fingerprint density at radius 1 is 1.29 bits per heavy atom. The summed E-state index contributed by atoms with van der Waals surface area (Å²) < 4.78 is 5.64. The van der Waals surface area contributed by atoms with Gasteiger partial charge in [0.1, 0.15) is 18.5 Å². The number of halogens is 1. The van der Waals surface area contributed by atoms with E-state index < -0.39 is 6.10 Å². The van der Waals surface area contributed by atoms with Crippen LogP contribution in [0.2, 0.25) is 5.02 Å². The summed E-state index contributed by atoms with van der Waals surface area (Å²) in [7, 11) is 0. The van der Waals surface area contributed by atoms with E-state index in [0.717, 1.165) is 28.2 Å². The van der Waals surface area contributed by atoms with Crippen LogP contribution in [0.3, 0.4) is 0 Å². The van der Waals surface area contributed by atoms with Crippen LogP contribution in [0.15, 0.2) is 18.2 Å². The lowest BCUT2D eigenvalue weighted by Crippen LogP contribution is -2.40. The number of aliphatic hydroxyl groups is 1. The number of benzene rings is 1. The van der Waals surface area contributed by atoms with Gasteiger partial charge in [0.05, 0.1) is 0 Å². The second kappa shape index (κ2) is 6.55. The van der Waals surface area contributed by atoms with Crippen LogP contribution < -0.4 is 10.1 Å². The fourth-order valence-corrected chi connectivity index (χ4v) is 2.98. The second-order valence-corrected chi connectivity index (χ2v) is 6.89. The molecule has 3 rings (SSSR count). The molecule has 2 aliphatic rings. The molecule has 1 unspecified atom stereocenters. The number of hydrogen-bond donors (Lipinski definition) is 2. The largest absolute Gasteiger partial charge is 0.491 e. The van der Waals surface area contributed by atoms with E-state index in [-0.39, 0.29) is 0 Å². The number of aryl methyl sites for hydroxylation is 1. The zero-order valence-corrected chi connectivity index (χ0v) is 13.3. The third-order valence-corrected chi connectivity index (χ3v) is 4.84. The van der Waals surface area contributed by atoms with Gasteiger partial charge in [-0.25, -0.2) is 0 Å². The molecule has 4 heteroatoms. The van der Waals surface area contributed by atoms with Gasteiger partial charge in [0.2, 0.25) is 0 Å². The smallest absolute Gasteiger partial charge is 0.119 e. The van der Waals surface area contributed by atoms with Crippen molar-refractivity contribution in [2.24, 2.45) is 11.8 Å². The average molecular weight is 310 g/mol. The van der Waals surface area contributed by atoms with Gasteiger partial charge in [-0.05, 0) is 68.2 Å². The lowest BCUT2D eigenvalue weighted by molar-refractivity contribution is 0.101. The van der Waals surface area contributed by atoms with Crippen molar-refractivity contribution >= 4 is 11.6 Å². The summed E-state index contributed by atoms with van der Waals surface area (Å²) in [5.41, 5.74) is 0.990. The van der Waals surface area contributed by atoms with Crippen molar-refractivity contribution in [1.82, 2.24) is 5.32 Å². The number of hydrogen-bond acceptors (Lipinski definition) is 3. The molecule has 0 amide bonds. The molecule has 0 aliphatic heterocycles. The summed E-state index contributed by atoms with van der Waals surface area (Å²) in [6, 6.07) is 6.19. The summed E-state index contributed by atoms with van der Waals surface area (Å²) in [6.45, 7) is 2.88. The predicted octanol–water partition coefficient (Wildman–Crippen LogP) is 3.17. The fourth-order valence-electron chi connectivity index (χ4n) is 2.86. The van der Waals surface area contributed by atoms with Crippen molar-refractivity contribution in [2.75, 3.05) is 13.2 Å². The molecule has 21 heavy (non-hydrogen) atoms. The number of ether oxygens (including phenoxy) is 1. The van der Waals surface area contributed by atoms with Gasteiger partial charge in [0, 0.05) is 17.6 Å². The SMILES string of the molecule is Cc1cc(OCC(O)CNC(C2CC2)C2CC2)ccc1Cl. The van der Waals surface area contributed by atoms with Crippen molar-refractivity contribution in [2.45, 2.75) is 44.8 Å². The van der Waals surface area contributed by atoms with Crippen molar-refractivity contribution in [3.8, 4) is 5.75 Å². The van der Waals surface area contributed by atoms with E-state index >= 15 is 0 Å². The molecule has 1 atom stereocenters. The Kier molecular flexibility index (Phi) is 4.72. The van der Waals surface area contributed by atoms with Gasteiger partial charge in [-0.15, -0.1) is 0 Å². The van der Waals surface area contributed by atoms with Crippen LogP contribution in [0.4, 0.5) is 0 Å². The molecule has 0 spiro atoms. The molecule has 2 fully saturated rings. The van der Waals surface area contributed by atoms with Crippen LogP contribution >= 0.6 is 11.6 Å². The van der Waals surface area contributed by atoms with Crippen LogP contribution in [-0.2, 0) is 0 Å². The summed E-state index contributed by atoms with van der Waals surface area (Å²) >= 11 is 5.98. The minimum Gasteiger partial charge on any atom is -0.491 e. The maximum atomic E-state index is 10.1. The van der Waals surface area contributed by atoms with Crippen LogP contribution in [0.5, 0.6) is 5.75 Å². The highest BCUT2D eigenvalue weighted by atomic mass is 35.5. The number of aliphatic hydroxyl groups excluding tert-OH is 1. The first-order chi connectivity index (χ1) is 10.1. The molecule has 3 nitrogen and oxygen atoms in total. The van der Waals surface area contributed by atoms with Gasteiger partial charge in [0.25, 0.3) is 0 Å². The Morgan fingerprint density at radius 2 is 1.95 bits per heavy atom. The molecule has 1 aromatic carbocycles. The minimum absolute atomic E-state index is 0.316. The molecule has 116 valence electrons. The average Bonchev–Trinajstić information content (AvgIpc) is 3.33. The second-order valence-electron chi connectivity index (χ2n) is 6.48. The first kappa shape index (κ1) is 15.1. The quantitative estimate of drug-likeness (QED) is 0.775. The van der Waals surface area contributed by atoms with Gasteiger partial charge >= 0.3 is 0 Å². The van der Waals surface area contributed by atoms with Crippen molar-refractivity contribution in [3.05, 3.63) is 28.8 Å². The molecular formula is C17H24ClNO2. The molecule has 0 saturated heterocycles. The van der Waals surface area contributed by atoms with E-state index in [1.807, 2.05) is 25.1 Å². The molecular weight excluding hydrogens is 286 g/mol. The zero-order valence-electron chi connectivity index (χ0n) is 12.5.